The van der Waals surface area contributed by atoms with Gasteiger partial charge < -0.3 is 5.32 Å². The first-order chi connectivity index (χ1) is 7.75. The van der Waals surface area contributed by atoms with Crippen LogP contribution in [0.3, 0.4) is 0 Å². The van der Waals surface area contributed by atoms with Crippen LogP contribution in [0.1, 0.15) is 36.9 Å². The van der Waals surface area contributed by atoms with Crippen molar-refractivity contribution in [2.24, 2.45) is 0 Å². The van der Waals surface area contributed by atoms with Gasteiger partial charge >= 0.3 is 0 Å². The monoisotopic (exact) mass is 237 g/mol. The number of unbranched alkanes of at least 4 members (excludes halogenated alkanes) is 1. The van der Waals surface area contributed by atoms with Gasteiger partial charge in [-0.1, -0.05) is 24.3 Å². The number of benzene rings is 1. The maximum absolute atomic E-state index is 3.59. The summed E-state index contributed by atoms with van der Waals surface area (Å²) in [5, 5.41) is 3.59. The second-order valence-electron chi connectivity index (χ2n) is 4.23. The van der Waals surface area contributed by atoms with E-state index in [2.05, 4.69) is 49.7 Å². The predicted octanol–water partition coefficient (Wildman–Crippen LogP) is 3.79. The highest BCUT2D eigenvalue weighted by molar-refractivity contribution is 7.98. The van der Waals surface area contributed by atoms with Crippen molar-refractivity contribution in [2.45, 2.75) is 32.7 Å². The van der Waals surface area contributed by atoms with Gasteiger partial charge in [-0.3, -0.25) is 0 Å². The van der Waals surface area contributed by atoms with E-state index in [0.29, 0.717) is 6.04 Å². The Morgan fingerprint density at radius 2 is 2.00 bits per heavy atom. The fraction of sp³-hybridized carbons (Fsp3) is 0.571. The molecule has 90 valence electrons. The molecule has 1 nitrogen and oxygen atoms in total. The van der Waals surface area contributed by atoms with Gasteiger partial charge in [0.1, 0.15) is 0 Å². The van der Waals surface area contributed by atoms with Crippen LogP contribution in [-0.4, -0.2) is 18.6 Å². The van der Waals surface area contributed by atoms with Crippen molar-refractivity contribution in [1.82, 2.24) is 5.32 Å². The molecule has 1 aromatic carbocycles. The maximum Gasteiger partial charge on any atom is 0.0294 e. The third-order valence-electron chi connectivity index (χ3n) is 2.88. The molecule has 0 aromatic heterocycles. The van der Waals surface area contributed by atoms with E-state index in [1.807, 2.05) is 11.8 Å². The molecule has 0 radical (unpaired) electrons. The number of nitrogens with one attached hydrogen (secondary N) is 1. The maximum atomic E-state index is 3.59. The Morgan fingerprint density at radius 1 is 1.25 bits per heavy atom. The van der Waals surface area contributed by atoms with Crippen LogP contribution in [-0.2, 0) is 0 Å². The summed E-state index contributed by atoms with van der Waals surface area (Å²) in [4.78, 5) is 0. The van der Waals surface area contributed by atoms with E-state index in [-0.39, 0.29) is 0 Å². The molecule has 0 unspecified atom stereocenters. The van der Waals surface area contributed by atoms with Crippen molar-refractivity contribution in [3.8, 4) is 0 Å². The number of hydrogen-bond donors (Lipinski definition) is 1. The smallest absolute Gasteiger partial charge is 0.0294 e. The van der Waals surface area contributed by atoms with Crippen LogP contribution in [0.2, 0.25) is 0 Å². The Labute approximate surface area is 104 Å². The van der Waals surface area contributed by atoms with Crippen LogP contribution in [0.25, 0.3) is 0 Å². The average Bonchev–Trinajstić information content (AvgIpc) is 2.29. The van der Waals surface area contributed by atoms with Gasteiger partial charge in [0.05, 0.1) is 0 Å². The molecule has 1 aromatic rings. The first-order valence-electron chi connectivity index (χ1n) is 6.03. The highest BCUT2D eigenvalue weighted by Gasteiger charge is 2.05. The average molecular weight is 237 g/mol. The first-order valence-corrected chi connectivity index (χ1v) is 7.43. The van der Waals surface area contributed by atoms with Crippen molar-refractivity contribution < 1.29 is 0 Å². The van der Waals surface area contributed by atoms with E-state index in [9.17, 15) is 0 Å². The van der Waals surface area contributed by atoms with Gasteiger partial charge in [-0.25, -0.2) is 0 Å². The molecule has 0 spiro atoms. The molecule has 0 saturated heterocycles. The van der Waals surface area contributed by atoms with Crippen molar-refractivity contribution in [3.05, 3.63) is 35.4 Å². The quantitative estimate of drug-likeness (QED) is 0.724. The summed E-state index contributed by atoms with van der Waals surface area (Å²) in [6.07, 6.45) is 4.76. The van der Waals surface area contributed by atoms with Gasteiger partial charge in [0, 0.05) is 6.04 Å². The first kappa shape index (κ1) is 13.6. The van der Waals surface area contributed by atoms with Crippen molar-refractivity contribution >= 4 is 11.8 Å². The third kappa shape index (κ3) is 4.58. The lowest BCUT2D eigenvalue weighted by Gasteiger charge is -2.16. The van der Waals surface area contributed by atoms with Crippen molar-refractivity contribution in [1.29, 1.82) is 0 Å². The van der Waals surface area contributed by atoms with E-state index in [4.69, 9.17) is 0 Å². The third-order valence-corrected chi connectivity index (χ3v) is 3.58. The van der Waals surface area contributed by atoms with E-state index in [0.717, 1.165) is 6.54 Å². The van der Waals surface area contributed by atoms with Gasteiger partial charge in [0.25, 0.3) is 0 Å². The number of hydrogen-bond acceptors (Lipinski definition) is 2. The highest BCUT2D eigenvalue weighted by Crippen LogP contribution is 2.16. The molecule has 1 rings (SSSR count). The van der Waals surface area contributed by atoms with Gasteiger partial charge in [0.15, 0.2) is 0 Å². The number of thioether (sulfide) groups is 1. The molecular formula is C14H23NS. The van der Waals surface area contributed by atoms with Crippen LogP contribution in [0.5, 0.6) is 0 Å². The van der Waals surface area contributed by atoms with Crippen LogP contribution in [0.15, 0.2) is 24.3 Å². The second kappa shape index (κ2) is 7.75. The summed E-state index contributed by atoms with van der Waals surface area (Å²) in [6.45, 7) is 5.55. The van der Waals surface area contributed by atoms with Crippen LogP contribution < -0.4 is 5.32 Å². The summed E-state index contributed by atoms with van der Waals surface area (Å²) in [6, 6.07) is 9.09. The van der Waals surface area contributed by atoms with Gasteiger partial charge in [0.2, 0.25) is 0 Å². The summed E-state index contributed by atoms with van der Waals surface area (Å²) in [5.41, 5.74) is 2.80. The zero-order valence-corrected chi connectivity index (χ0v) is 11.4. The Kier molecular flexibility index (Phi) is 6.58. The lowest BCUT2D eigenvalue weighted by atomic mass is 10.0. The van der Waals surface area contributed by atoms with E-state index < -0.39 is 0 Å². The van der Waals surface area contributed by atoms with Gasteiger partial charge in [-0.05, 0) is 56.4 Å². The highest BCUT2D eigenvalue weighted by atomic mass is 32.2. The Hall–Kier alpha value is -0.470. The van der Waals surface area contributed by atoms with Crippen LogP contribution in [0.4, 0.5) is 0 Å². The molecular weight excluding hydrogens is 214 g/mol. The molecule has 16 heavy (non-hydrogen) atoms. The van der Waals surface area contributed by atoms with Crippen molar-refractivity contribution in [2.75, 3.05) is 18.6 Å². The van der Waals surface area contributed by atoms with Crippen molar-refractivity contribution in [3.63, 3.8) is 0 Å². The normalized spacial score (nSPS) is 12.7. The molecule has 0 aliphatic heterocycles. The molecule has 0 saturated carbocycles. The molecule has 2 heteroatoms. The second-order valence-corrected chi connectivity index (χ2v) is 5.22. The lowest BCUT2D eigenvalue weighted by Crippen LogP contribution is -2.20. The Bertz CT molecular complexity index is 299. The zero-order chi connectivity index (χ0) is 11.8. The fourth-order valence-corrected chi connectivity index (χ4v) is 2.37. The molecule has 0 amide bonds. The zero-order valence-electron chi connectivity index (χ0n) is 10.6. The molecule has 0 heterocycles. The largest absolute Gasteiger partial charge is 0.310 e. The molecule has 0 aliphatic rings. The van der Waals surface area contributed by atoms with Crippen LogP contribution >= 0.6 is 11.8 Å². The summed E-state index contributed by atoms with van der Waals surface area (Å²) in [7, 11) is 0. The minimum absolute atomic E-state index is 0.468. The number of aryl methyl sites for hydroxylation is 1. The van der Waals surface area contributed by atoms with Gasteiger partial charge in [-0.15, -0.1) is 0 Å². The van der Waals surface area contributed by atoms with E-state index in [1.165, 1.54) is 29.7 Å². The molecule has 0 aliphatic carbocycles. The minimum Gasteiger partial charge on any atom is -0.310 e. The summed E-state index contributed by atoms with van der Waals surface area (Å²) in [5.74, 6) is 1.28. The lowest BCUT2D eigenvalue weighted by molar-refractivity contribution is 0.554. The Balaban J connectivity index is 2.30. The Morgan fingerprint density at radius 3 is 2.69 bits per heavy atom. The molecule has 1 N–H and O–H groups in total. The topological polar surface area (TPSA) is 12.0 Å². The SMILES string of the molecule is CSCCCCN[C@H](C)c1ccccc1C. The van der Waals surface area contributed by atoms with Crippen LogP contribution in [0, 0.1) is 6.92 Å². The molecule has 1 atom stereocenters. The van der Waals surface area contributed by atoms with Gasteiger partial charge in [-0.2, -0.15) is 11.8 Å². The minimum atomic E-state index is 0.468. The number of rotatable bonds is 7. The summed E-state index contributed by atoms with van der Waals surface area (Å²) >= 11 is 1.93. The molecule has 0 bridgehead atoms. The molecule has 0 fully saturated rings. The van der Waals surface area contributed by atoms with E-state index >= 15 is 0 Å². The predicted molar refractivity (Wildman–Crippen MR) is 75.2 cm³/mol. The van der Waals surface area contributed by atoms with E-state index in [1.54, 1.807) is 0 Å². The summed E-state index contributed by atoms with van der Waals surface area (Å²) < 4.78 is 0. The fourth-order valence-electron chi connectivity index (χ4n) is 1.87. The standard InChI is InChI=1S/C14H23NS/c1-12-8-4-5-9-14(12)13(2)15-10-6-7-11-16-3/h4-5,8-9,13,15H,6-7,10-11H2,1-3H3/t13-/m1/s1.